The number of nitrogens with one attached hydrogen (secondary N) is 2. The highest BCUT2D eigenvalue weighted by Crippen LogP contribution is 2.34. The van der Waals surface area contributed by atoms with Crippen LogP contribution in [0.3, 0.4) is 0 Å². The van der Waals surface area contributed by atoms with Crippen LogP contribution >= 0.6 is 12.4 Å². The molecule has 1 heterocycles. The van der Waals surface area contributed by atoms with Crippen molar-refractivity contribution in [2.45, 2.75) is 6.42 Å². The first-order valence-electron chi connectivity index (χ1n) is 7.47. The van der Waals surface area contributed by atoms with E-state index >= 15 is 0 Å². The Bertz CT molecular complexity index is 601. The summed E-state index contributed by atoms with van der Waals surface area (Å²) in [6.45, 7) is 1.48. The number of carbonyl (C=O) groups excluding carboxylic acids is 2. The van der Waals surface area contributed by atoms with Gasteiger partial charge in [0.15, 0.2) is 11.5 Å². The van der Waals surface area contributed by atoms with E-state index in [0.717, 1.165) is 13.0 Å². The number of nitrogens with zero attached hydrogens (tertiary/aromatic N) is 1. The Morgan fingerprint density at radius 3 is 2.33 bits per heavy atom. The van der Waals surface area contributed by atoms with Crippen LogP contribution in [0.4, 0.5) is 5.69 Å². The highest BCUT2D eigenvalue weighted by molar-refractivity contribution is 6.05. The highest BCUT2D eigenvalue weighted by atomic mass is 35.5. The van der Waals surface area contributed by atoms with E-state index in [0.29, 0.717) is 29.3 Å². The highest BCUT2D eigenvalue weighted by Gasteiger charge is 2.25. The number of carbonyl (C=O) groups is 2. The Balaban J connectivity index is 0.00000288. The first kappa shape index (κ1) is 20.1. The van der Waals surface area contributed by atoms with Gasteiger partial charge < -0.3 is 25.0 Å². The Morgan fingerprint density at radius 1 is 1.21 bits per heavy atom. The molecule has 1 aromatic carbocycles. The maximum Gasteiger partial charge on any atom is 0.255 e. The molecule has 0 spiro atoms. The van der Waals surface area contributed by atoms with Crippen molar-refractivity contribution in [2.75, 3.05) is 46.7 Å². The molecule has 1 aliphatic rings. The van der Waals surface area contributed by atoms with Crippen molar-refractivity contribution < 1.29 is 19.1 Å². The van der Waals surface area contributed by atoms with E-state index in [1.807, 2.05) is 0 Å². The summed E-state index contributed by atoms with van der Waals surface area (Å²) in [5.41, 5.74) is 0.796. The second-order valence-corrected chi connectivity index (χ2v) is 5.63. The average Bonchev–Trinajstić information content (AvgIpc) is 3.08. The van der Waals surface area contributed by atoms with Crippen LogP contribution < -0.4 is 20.1 Å². The van der Waals surface area contributed by atoms with E-state index < -0.39 is 0 Å². The molecule has 1 fully saturated rings. The first-order chi connectivity index (χ1) is 11.0. The minimum Gasteiger partial charge on any atom is -0.493 e. The summed E-state index contributed by atoms with van der Waals surface area (Å²) in [7, 11) is 6.33. The molecule has 0 aliphatic carbocycles. The smallest absolute Gasteiger partial charge is 0.255 e. The van der Waals surface area contributed by atoms with Crippen molar-refractivity contribution in [1.82, 2.24) is 10.2 Å². The quantitative estimate of drug-likeness (QED) is 0.832. The van der Waals surface area contributed by atoms with Gasteiger partial charge in [0, 0.05) is 26.7 Å². The zero-order valence-electron chi connectivity index (χ0n) is 14.3. The fourth-order valence-corrected chi connectivity index (χ4v) is 2.51. The molecule has 1 unspecified atom stereocenters. The molecule has 1 saturated heterocycles. The van der Waals surface area contributed by atoms with E-state index in [-0.39, 0.29) is 30.1 Å². The summed E-state index contributed by atoms with van der Waals surface area (Å²) in [6, 6.07) is 3.21. The maximum atomic E-state index is 12.4. The molecule has 8 heteroatoms. The molecule has 0 saturated carbocycles. The van der Waals surface area contributed by atoms with E-state index in [2.05, 4.69) is 10.6 Å². The van der Waals surface area contributed by atoms with Crippen molar-refractivity contribution in [1.29, 1.82) is 0 Å². The van der Waals surface area contributed by atoms with Gasteiger partial charge in [0.2, 0.25) is 5.91 Å². The van der Waals surface area contributed by atoms with Crippen LogP contribution in [0.1, 0.15) is 16.8 Å². The van der Waals surface area contributed by atoms with Crippen molar-refractivity contribution in [2.24, 2.45) is 5.92 Å². The van der Waals surface area contributed by atoms with Crippen LogP contribution in [0.15, 0.2) is 12.1 Å². The molecule has 2 amide bonds. The van der Waals surface area contributed by atoms with Crippen LogP contribution in [0.5, 0.6) is 11.5 Å². The molecule has 7 nitrogen and oxygen atoms in total. The number of rotatable bonds is 5. The van der Waals surface area contributed by atoms with E-state index in [9.17, 15) is 9.59 Å². The standard InChI is InChI=1S/C16H23N3O4.ClH/c1-19(2)16(21)11-7-13(22-3)14(23-4)8-12(11)18-15(20)10-5-6-17-9-10;/h7-8,10,17H,5-6,9H2,1-4H3,(H,18,20);1H. The molecule has 24 heavy (non-hydrogen) atoms. The number of benzene rings is 1. The van der Waals surface area contributed by atoms with Crippen molar-refractivity contribution in [3.05, 3.63) is 17.7 Å². The summed E-state index contributed by atoms with van der Waals surface area (Å²) in [5.74, 6) is 0.493. The van der Waals surface area contributed by atoms with Gasteiger partial charge in [0.25, 0.3) is 5.91 Å². The Labute approximate surface area is 148 Å². The van der Waals surface area contributed by atoms with Gasteiger partial charge in [-0.25, -0.2) is 0 Å². The lowest BCUT2D eigenvalue weighted by molar-refractivity contribution is -0.119. The summed E-state index contributed by atoms with van der Waals surface area (Å²) in [4.78, 5) is 26.2. The lowest BCUT2D eigenvalue weighted by atomic mass is 10.1. The fraction of sp³-hybridized carbons (Fsp3) is 0.500. The number of hydrogen-bond donors (Lipinski definition) is 2. The van der Waals surface area contributed by atoms with Crippen LogP contribution in [0, 0.1) is 5.92 Å². The van der Waals surface area contributed by atoms with Crippen LogP contribution in [0.25, 0.3) is 0 Å². The minimum atomic E-state index is -0.217. The number of hydrogen-bond acceptors (Lipinski definition) is 5. The molecule has 0 aromatic heterocycles. The molecule has 2 N–H and O–H groups in total. The Kier molecular flexibility index (Phi) is 7.31. The molecule has 134 valence electrons. The monoisotopic (exact) mass is 357 g/mol. The van der Waals surface area contributed by atoms with Gasteiger partial charge in [-0.05, 0) is 19.0 Å². The van der Waals surface area contributed by atoms with Crippen LogP contribution in [0.2, 0.25) is 0 Å². The summed E-state index contributed by atoms with van der Waals surface area (Å²) in [5, 5.41) is 6.01. The Morgan fingerprint density at radius 2 is 1.83 bits per heavy atom. The summed E-state index contributed by atoms with van der Waals surface area (Å²) < 4.78 is 10.5. The topological polar surface area (TPSA) is 79.9 Å². The number of ether oxygens (including phenoxy) is 2. The summed E-state index contributed by atoms with van der Waals surface area (Å²) in [6.07, 6.45) is 0.788. The predicted molar refractivity (Wildman–Crippen MR) is 94.4 cm³/mol. The lowest BCUT2D eigenvalue weighted by Gasteiger charge is -2.19. The van der Waals surface area contributed by atoms with E-state index in [4.69, 9.17) is 9.47 Å². The SMILES string of the molecule is COc1cc(NC(=O)C2CCNC2)c(C(=O)N(C)C)cc1OC.Cl. The zero-order valence-corrected chi connectivity index (χ0v) is 15.2. The molecule has 0 bridgehead atoms. The van der Waals surface area contributed by atoms with Crippen LogP contribution in [-0.2, 0) is 4.79 Å². The van der Waals surface area contributed by atoms with Gasteiger partial charge in [-0.3, -0.25) is 9.59 Å². The number of methoxy groups -OCH3 is 2. The van der Waals surface area contributed by atoms with Crippen LogP contribution in [-0.4, -0.2) is 58.1 Å². The molecular formula is C16H24ClN3O4. The first-order valence-corrected chi connectivity index (χ1v) is 7.47. The van der Waals surface area contributed by atoms with Crippen molar-refractivity contribution >= 4 is 29.9 Å². The van der Waals surface area contributed by atoms with Gasteiger partial charge >= 0.3 is 0 Å². The zero-order chi connectivity index (χ0) is 17.0. The van der Waals surface area contributed by atoms with Gasteiger partial charge in [0.05, 0.1) is 31.4 Å². The largest absolute Gasteiger partial charge is 0.493 e. The maximum absolute atomic E-state index is 12.4. The number of anilines is 1. The van der Waals surface area contributed by atoms with E-state index in [1.54, 1.807) is 26.2 Å². The minimum absolute atomic E-state index is 0. The summed E-state index contributed by atoms with van der Waals surface area (Å²) >= 11 is 0. The molecule has 1 atom stereocenters. The third-order valence-corrected chi connectivity index (χ3v) is 3.85. The average molecular weight is 358 g/mol. The van der Waals surface area contributed by atoms with Gasteiger partial charge in [-0.2, -0.15) is 0 Å². The molecule has 2 rings (SSSR count). The molecule has 1 aliphatic heterocycles. The third-order valence-electron chi connectivity index (χ3n) is 3.85. The molecule has 0 radical (unpaired) electrons. The predicted octanol–water partition coefficient (Wildman–Crippen LogP) is 1.38. The second-order valence-electron chi connectivity index (χ2n) is 5.63. The second kappa shape index (κ2) is 8.75. The third kappa shape index (κ3) is 4.30. The van der Waals surface area contributed by atoms with Crippen molar-refractivity contribution in [3.8, 4) is 11.5 Å². The fourth-order valence-electron chi connectivity index (χ4n) is 2.51. The van der Waals surface area contributed by atoms with E-state index in [1.165, 1.54) is 19.1 Å². The van der Waals surface area contributed by atoms with Crippen molar-refractivity contribution in [3.63, 3.8) is 0 Å². The number of amides is 2. The molecule has 1 aromatic rings. The lowest BCUT2D eigenvalue weighted by Crippen LogP contribution is -2.27. The van der Waals surface area contributed by atoms with Gasteiger partial charge in [0.1, 0.15) is 0 Å². The number of halogens is 1. The molecular weight excluding hydrogens is 334 g/mol. The normalized spacial score (nSPS) is 16.1. The Hall–Kier alpha value is -1.99. The van der Waals surface area contributed by atoms with Gasteiger partial charge in [-0.1, -0.05) is 0 Å². The van der Waals surface area contributed by atoms with Gasteiger partial charge in [-0.15, -0.1) is 12.4 Å².